The molecule has 0 aliphatic carbocycles. The molecule has 0 fully saturated rings. The minimum absolute atomic E-state index is 0.0584. The highest BCUT2D eigenvalue weighted by Crippen LogP contribution is 2.13. The van der Waals surface area contributed by atoms with Crippen LogP contribution in [0.1, 0.15) is 26.6 Å². The Bertz CT molecular complexity index is 465. The first kappa shape index (κ1) is 14.1. The molecule has 1 aromatic heterocycles. The minimum atomic E-state index is -3.57. The summed E-state index contributed by atoms with van der Waals surface area (Å²) in [6, 6.07) is 0. The van der Waals surface area contributed by atoms with E-state index in [0.29, 0.717) is 12.2 Å². The smallest absolute Gasteiger partial charge is 0.257 e. The van der Waals surface area contributed by atoms with Crippen molar-refractivity contribution in [3.63, 3.8) is 0 Å². The van der Waals surface area contributed by atoms with Gasteiger partial charge in [-0.15, -0.1) is 0 Å². The van der Waals surface area contributed by atoms with Crippen LogP contribution in [0.3, 0.4) is 0 Å². The molecule has 0 bridgehead atoms. The van der Waals surface area contributed by atoms with E-state index in [-0.39, 0.29) is 18.2 Å². The molecule has 0 spiro atoms. The molecule has 1 aromatic rings. The van der Waals surface area contributed by atoms with Crippen LogP contribution in [0, 0.1) is 5.41 Å². The fourth-order valence-corrected chi connectivity index (χ4v) is 2.26. The normalized spacial score (nSPS) is 12.9. The van der Waals surface area contributed by atoms with Crippen LogP contribution in [0.25, 0.3) is 0 Å². The first-order valence-corrected chi connectivity index (χ1v) is 6.93. The lowest BCUT2D eigenvalue weighted by molar-refractivity contribution is 0.163. The van der Waals surface area contributed by atoms with Crippen molar-refractivity contribution in [3.05, 3.63) is 12.0 Å². The average molecular weight is 261 g/mol. The molecule has 1 heterocycles. The third-order valence-electron chi connectivity index (χ3n) is 2.40. The lowest BCUT2D eigenvalue weighted by Crippen LogP contribution is -2.36. The van der Waals surface area contributed by atoms with Crippen molar-refractivity contribution < 1.29 is 13.5 Å². The van der Waals surface area contributed by atoms with Gasteiger partial charge in [-0.2, -0.15) is 0 Å². The molecule has 0 saturated carbocycles. The number of nitrogens with one attached hydrogen (secondary N) is 2. The number of aromatic nitrogens is 2. The number of aromatic amines is 1. The van der Waals surface area contributed by atoms with Crippen LogP contribution in [-0.4, -0.2) is 36.6 Å². The summed E-state index contributed by atoms with van der Waals surface area (Å²) in [7, 11) is -3.57. The Morgan fingerprint density at radius 2 is 2.18 bits per heavy atom. The van der Waals surface area contributed by atoms with Crippen molar-refractivity contribution in [1.29, 1.82) is 0 Å². The predicted octanol–water partition coefficient (Wildman–Crippen LogP) is 0.269. The lowest BCUT2D eigenvalue weighted by Gasteiger charge is -2.21. The van der Waals surface area contributed by atoms with Crippen molar-refractivity contribution in [2.24, 2.45) is 5.41 Å². The molecule has 7 heteroatoms. The molecule has 6 nitrogen and oxygen atoms in total. The van der Waals surface area contributed by atoms with Crippen LogP contribution in [0.15, 0.2) is 11.2 Å². The predicted molar refractivity (Wildman–Crippen MR) is 64.0 cm³/mol. The van der Waals surface area contributed by atoms with E-state index < -0.39 is 15.4 Å². The Kier molecular flexibility index (Phi) is 4.29. The van der Waals surface area contributed by atoms with Gasteiger partial charge in [-0.25, -0.2) is 18.1 Å². The molecule has 0 amide bonds. The first-order valence-electron chi connectivity index (χ1n) is 5.45. The summed E-state index contributed by atoms with van der Waals surface area (Å²) in [5.74, 6) is 0.631. The highest BCUT2D eigenvalue weighted by molar-refractivity contribution is 7.89. The second-order valence-electron chi connectivity index (χ2n) is 4.69. The highest BCUT2D eigenvalue weighted by atomic mass is 32.2. The number of imidazole rings is 1. The maximum Gasteiger partial charge on any atom is 0.257 e. The molecule has 0 aromatic carbocycles. The summed E-state index contributed by atoms with van der Waals surface area (Å²) in [6.45, 7) is 5.53. The number of rotatable bonds is 6. The van der Waals surface area contributed by atoms with Gasteiger partial charge in [-0.3, -0.25) is 0 Å². The first-order chi connectivity index (χ1) is 7.80. The zero-order valence-corrected chi connectivity index (χ0v) is 11.1. The van der Waals surface area contributed by atoms with Gasteiger partial charge in [0.1, 0.15) is 5.82 Å². The molecule has 98 valence electrons. The monoisotopic (exact) mass is 261 g/mol. The summed E-state index contributed by atoms with van der Waals surface area (Å²) < 4.78 is 26.2. The van der Waals surface area contributed by atoms with Gasteiger partial charge in [-0.1, -0.05) is 20.8 Å². The molecule has 0 radical (unpaired) electrons. The van der Waals surface area contributed by atoms with E-state index in [1.54, 1.807) is 13.8 Å². The van der Waals surface area contributed by atoms with E-state index in [9.17, 15) is 8.42 Å². The van der Waals surface area contributed by atoms with Crippen LogP contribution in [0.2, 0.25) is 0 Å². The third-order valence-corrected chi connectivity index (χ3v) is 3.71. The Morgan fingerprint density at radius 1 is 1.53 bits per heavy atom. The fraction of sp³-hybridized carbons (Fsp3) is 0.700. The SMILES string of the molecule is CCc1ncc(S(=O)(=O)NCC(C)(C)CO)[nH]1. The molecule has 0 unspecified atom stereocenters. The number of nitrogens with zero attached hydrogens (tertiary/aromatic N) is 1. The minimum Gasteiger partial charge on any atom is -0.396 e. The van der Waals surface area contributed by atoms with E-state index in [4.69, 9.17) is 5.11 Å². The molecule has 0 atom stereocenters. The number of aliphatic hydroxyl groups excluding tert-OH is 1. The van der Waals surface area contributed by atoms with Gasteiger partial charge in [-0.05, 0) is 0 Å². The second-order valence-corrected chi connectivity index (χ2v) is 6.43. The number of hydrogen-bond acceptors (Lipinski definition) is 4. The van der Waals surface area contributed by atoms with E-state index in [1.165, 1.54) is 6.20 Å². The third kappa shape index (κ3) is 3.79. The molecule has 17 heavy (non-hydrogen) atoms. The molecule has 1 rings (SSSR count). The maximum atomic E-state index is 11.9. The number of sulfonamides is 1. The van der Waals surface area contributed by atoms with Crippen molar-refractivity contribution in [3.8, 4) is 0 Å². The topological polar surface area (TPSA) is 95.1 Å². The van der Waals surface area contributed by atoms with E-state index in [1.807, 2.05) is 6.92 Å². The molecule has 3 N–H and O–H groups in total. The van der Waals surface area contributed by atoms with Gasteiger partial charge in [0.2, 0.25) is 0 Å². The van der Waals surface area contributed by atoms with Crippen LogP contribution < -0.4 is 4.72 Å². The average Bonchev–Trinajstić information content (AvgIpc) is 2.76. The van der Waals surface area contributed by atoms with Gasteiger partial charge >= 0.3 is 0 Å². The number of aliphatic hydroxyl groups is 1. The quantitative estimate of drug-likeness (QED) is 0.685. The Labute approximate surface area is 102 Å². The van der Waals surface area contributed by atoms with E-state index >= 15 is 0 Å². The highest BCUT2D eigenvalue weighted by Gasteiger charge is 2.22. The zero-order valence-electron chi connectivity index (χ0n) is 10.3. The number of aryl methyl sites for hydroxylation is 1. The van der Waals surface area contributed by atoms with Crippen molar-refractivity contribution in [2.45, 2.75) is 32.2 Å². The van der Waals surface area contributed by atoms with E-state index in [2.05, 4.69) is 14.7 Å². The molecular weight excluding hydrogens is 242 g/mol. The van der Waals surface area contributed by atoms with E-state index in [0.717, 1.165) is 0 Å². The van der Waals surface area contributed by atoms with Crippen LogP contribution in [0.4, 0.5) is 0 Å². The molecule has 0 saturated heterocycles. The Morgan fingerprint density at radius 3 is 2.65 bits per heavy atom. The summed E-state index contributed by atoms with van der Waals surface area (Å²) in [5.41, 5.74) is -0.485. The van der Waals surface area contributed by atoms with Crippen molar-refractivity contribution in [2.75, 3.05) is 13.2 Å². The van der Waals surface area contributed by atoms with Crippen molar-refractivity contribution >= 4 is 10.0 Å². The van der Waals surface area contributed by atoms with Gasteiger partial charge in [0.05, 0.1) is 6.20 Å². The van der Waals surface area contributed by atoms with Crippen LogP contribution >= 0.6 is 0 Å². The number of H-pyrrole nitrogens is 1. The Balaban J connectivity index is 2.76. The summed E-state index contributed by atoms with van der Waals surface area (Å²) in [6.07, 6.45) is 1.95. The lowest BCUT2D eigenvalue weighted by atomic mass is 9.96. The standard InChI is InChI=1S/C10H19N3O3S/c1-4-8-11-5-9(13-8)17(15,16)12-6-10(2,3)7-14/h5,12,14H,4,6-7H2,1-3H3,(H,11,13). The summed E-state index contributed by atoms with van der Waals surface area (Å²) in [4.78, 5) is 6.67. The summed E-state index contributed by atoms with van der Waals surface area (Å²) in [5, 5.41) is 9.11. The fourth-order valence-electron chi connectivity index (χ4n) is 1.08. The largest absolute Gasteiger partial charge is 0.396 e. The second kappa shape index (κ2) is 5.16. The molecular formula is C10H19N3O3S. The maximum absolute atomic E-state index is 11.9. The summed E-state index contributed by atoms with van der Waals surface area (Å²) >= 11 is 0. The zero-order chi connectivity index (χ0) is 13.1. The van der Waals surface area contributed by atoms with Crippen LogP contribution in [0.5, 0.6) is 0 Å². The number of hydrogen-bond donors (Lipinski definition) is 3. The van der Waals surface area contributed by atoms with Gasteiger partial charge in [0, 0.05) is 25.0 Å². The molecule has 0 aliphatic rings. The van der Waals surface area contributed by atoms with Crippen molar-refractivity contribution in [1.82, 2.24) is 14.7 Å². The van der Waals surface area contributed by atoms with Gasteiger partial charge in [0.15, 0.2) is 5.03 Å². The Hall–Kier alpha value is -0.920. The van der Waals surface area contributed by atoms with Gasteiger partial charge in [0.25, 0.3) is 10.0 Å². The van der Waals surface area contributed by atoms with Gasteiger partial charge < -0.3 is 10.1 Å². The molecule has 0 aliphatic heterocycles. The van der Waals surface area contributed by atoms with Crippen LogP contribution in [-0.2, 0) is 16.4 Å².